The zero-order valence-corrected chi connectivity index (χ0v) is 12.9. The number of rotatable bonds is 2. The molecule has 4 nitrogen and oxygen atoms in total. The smallest absolute Gasteiger partial charge is 0.224 e. The first-order valence-corrected chi connectivity index (χ1v) is 7.72. The van der Waals surface area contributed by atoms with E-state index in [9.17, 15) is 4.79 Å². The molecule has 4 heteroatoms. The van der Waals surface area contributed by atoms with Crippen LogP contribution in [0.1, 0.15) is 40.0 Å². The van der Waals surface area contributed by atoms with Crippen molar-refractivity contribution in [3.05, 3.63) is 0 Å². The summed E-state index contributed by atoms with van der Waals surface area (Å²) in [7, 11) is 2.15. The van der Waals surface area contributed by atoms with Crippen LogP contribution in [0.4, 0.5) is 0 Å². The monoisotopic (exact) mass is 267 g/mol. The average molecular weight is 267 g/mol. The van der Waals surface area contributed by atoms with Gasteiger partial charge in [0.1, 0.15) is 0 Å². The highest BCUT2D eigenvalue weighted by molar-refractivity contribution is 5.77. The van der Waals surface area contributed by atoms with E-state index in [1.165, 1.54) is 12.8 Å². The number of piperidine rings is 1. The topological polar surface area (TPSA) is 35.6 Å². The van der Waals surface area contributed by atoms with Gasteiger partial charge in [-0.1, -0.05) is 6.92 Å². The summed E-state index contributed by atoms with van der Waals surface area (Å²) in [4.78, 5) is 16.9. The van der Waals surface area contributed by atoms with Crippen LogP contribution in [0.3, 0.4) is 0 Å². The molecule has 2 saturated heterocycles. The molecule has 1 amide bonds. The molecule has 0 saturated carbocycles. The van der Waals surface area contributed by atoms with Crippen LogP contribution in [0.5, 0.6) is 0 Å². The molecule has 1 N–H and O–H groups in total. The van der Waals surface area contributed by atoms with Gasteiger partial charge in [-0.3, -0.25) is 9.69 Å². The van der Waals surface area contributed by atoms with Gasteiger partial charge in [0, 0.05) is 37.6 Å². The summed E-state index contributed by atoms with van der Waals surface area (Å²) in [6.45, 7) is 9.49. The Hall–Kier alpha value is -0.610. The molecule has 0 aromatic heterocycles. The molecule has 110 valence electrons. The van der Waals surface area contributed by atoms with E-state index in [4.69, 9.17) is 0 Å². The van der Waals surface area contributed by atoms with Crippen molar-refractivity contribution < 1.29 is 4.79 Å². The normalized spacial score (nSPS) is 37.4. The lowest BCUT2D eigenvalue weighted by Crippen LogP contribution is -2.57. The third-order valence-corrected chi connectivity index (χ3v) is 5.04. The Morgan fingerprint density at radius 2 is 1.84 bits per heavy atom. The lowest BCUT2D eigenvalue weighted by atomic mass is 9.90. The van der Waals surface area contributed by atoms with Gasteiger partial charge >= 0.3 is 0 Å². The number of hydrogen-bond acceptors (Lipinski definition) is 3. The molecule has 0 bridgehead atoms. The summed E-state index contributed by atoms with van der Waals surface area (Å²) in [6.07, 6.45) is 3.17. The summed E-state index contributed by atoms with van der Waals surface area (Å²) in [6, 6.07) is 1.31. The number of nitrogens with one attached hydrogen (secondary N) is 1. The summed E-state index contributed by atoms with van der Waals surface area (Å²) < 4.78 is 0. The minimum Gasteiger partial charge on any atom is -0.340 e. The minimum absolute atomic E-state index is 0.332. The molecule has 4 unspecified atom stereocenters. The molecule has 19 heavy (non-hydrogen) atoms. The van der Waals surface area contributed by atoms with Crippen molar-refractivity contribution in [3.8, 4) is 0 Å². The van der Waals surface area contributed by atoms with Crippen LogP contribution >= 0.6 is 0 Å². The fraction of sp³-hybridized carbons (Fsp3) is 0.933. The molecule has 2 aliphatic heterocycles. The standard InChI is InChI=1S/C15H29N3O/c1-11-6-5-7-16-14(11)8-15(19)18-9-12(2)17(4)13(3)10-18/h11-14,16H,5-10H2,1-4H3. The summed E-state index contributed by atoms with van der Waals surface area (Å²) in [5.74, 6) is 0.957. The predicted molar refractivity (Wildman–Crippen MR) is 78.1 cm³/mol. The first-order valence-electron chi connectivity index (χ1n) is 7.72. The Labute approximate surface area is 117 Å². The van der Waals surface area contributed by atoms with Gasteiger partial charge in [-0.15, -0.1) is 0 Å². The Morgan fingerprint density at radius 3 is 2.42 bits per heavy atom. The number of carbonyl (C=O) groups is 1. The van der Waals surface area contributed by atoms with E-state index in [1.807, 2.05) is 0 Å². The lowest BCUT2D eigenvalue weighted by molar-refractivity contribution is -0.136. The van der Waals surface area contributed by atoms with Gasteiger partial charge in [0.05, 0.1) is 0 Å². The van der Waals surface area contributed by atoms with Crippen molar-refractivity contribution in [2.75, 3.05) is 26.7 Å². The number of likely N-dealkylation sites (N-methyl/N-ethyl adjacent to an activating group) is 1. The van der Waals surface area contributed by atoms with Gasteiger partial charge in [-0.2, -0.15) is 0 Å². The van der Waals surface area contributed by atoms with Crippen molar-refractivity contribution in [1.82, 2.24) is 15.1 Å². The SMILES string of the molecule is CC1CCCNC1CC(=O)N1CC(C)N(C)C(C)C1. The number of piperazine rings is 1. The van der Waals surface area contributed by atoms with E-state index in [-0.39, 0.29) is 0 Å². The number of hydrogen-bond donors (Lipinski definition) is 1. The van der Waals surface area contributed by atoms with E-state index in [0.29, 0.717) is 36.4 Å². The van der Waals surface area contributed by atoms with Gasteiger partial charge in [-0.25, -0.2) is 0 Å². The van der Waals surface area contributed by atoms with Crippen LogP contribution in [0, 0.1) is 5.92 Å². The van der Waals surface area contributed by atoms with Crippen molar-refractivity contribution in [3.63, 3.8) is 0 Å². The zero-order chi connectivity index (χ0) is 14.0. The maximum absolute atomic E-state index is 12.5. The molecule has 0 aromatic carbocycles. The fourth-order valence-electron chi connectivity index (χ4n) is 3.31. The minimum atomic E-state index is 0.332. The third-order valence-electron chi connectivity index (χ3n) is 5.04. The maximum Gasteiger partial charge on any atom is 0.224 e. The number of carbonyl (C=O) groups excluding carboxylic acids is 1. The Morgan fingerprint density at radius 1 is 1.21 bits per heavy atom. The van der Waals surface area contributed by atoms with E-state index in [1.54, 1.807) is 0 Å². The second-order valence-corrected chi connectivity index (χ2v) is 6.55. The molecule has 0 aliphatic carbocycles. The molecule has 0 spiro atoms. The summed E-state index contributed by atoms with van der Waals surface area (Å²) >= 11 is 0. The predicted octanol–water partition coefficient (Wildman–Crippen LogP) is 1.32. The number of nitrogens with zero attached hydrogens (tertiary/aromatic N) is 2. The quantitative estimate of drug-likeness (QED) is 0.819. The maximum atomic E-state index is 12.5. The van der Waals surface area contributed by atoms with Crippen LogP contribution in [0.15, 0.2) is 0 Å². The molecular formula is C15H29N3O. The van der Waals surface area contributed by atoms with Crippen molar-refractivity contribution in [2.45, 2.75) is 58.2 Å². The first kappa shape index (κ1) is 14.8. The Kier molecular flexibility index (Phi) is 4.85. The molecule has 0 radical (unpaired) electrons. The van der Waals surface area contributed by atoms with Crippen LogP contribution in [0.25, 0.3) is 0 Å². The fourth-order valence-corrected chi connectivity index (χ4v) is 3.31. The molecule has 2 fully saturated rings. The average Bonchev–Trinajstić information content (AvgIpc) is 2.38. The van der Waals surface area contributed by atoms with Crippen LogP contribution in [-0.4, -0.2) is 60.5 Å². The van der Waals surface area contributed by atoms with Crippen LogP contribution < -0.4 is 5.32 Å². The summed E-state index contributed by atoms with van der Waals surface area (Å²) in [5.41, 5.74) is 0. The Bertz CT molecular complexity index is 309. The lowest BCUT2D eigenvalue weighted by Gasteiger charge is -2.43. The van der Waals surface area contributed by atoms with Crippen molar-refractivity contribution in [2.24, 2.45) is 5.92 Å². The molecule has 2 rings (SSSR count). The van der Waals surface area contributed by atoms with Crippen LogP contribution in [0.2, 0.25) is 0 Å². The van der Waals surface area contributed by atoms with Gasteiger partial charge < -0.3 is 10.2 Å². The zero-order valence-electron chi connectivity index (χ0n) is 12.9. The van der Waals surface area contributed by atoms with Gasteiger partial charge in [-0.05, 0) is 46.2 Å². The number of amides is 1. The van der Waals surface area contributed by atoms with Crippen LogP contribution in [-0.2, 0) is 4.79 Å². The summed E-state index contributed by atoms with van der Waals surface area (Å²) in [5, 5.41) is 3.51. The largest absolute Gasteiger partial charge is 0.340 e. The molecule has 0 aromatic rings. The Balaban J connectivity index is 1.89. The molecule has 2 aliphatic rings. The molecular weight excluding hydrogens is 238 g/mol. The van der Waals surface area contributed by atoms with Gasteiger partial charge in [0.25, 0.3) is 0 Å². The second kappa shape index (κ2) is 6.23. The van der Waals surface area contributed by atoms with E-state index < -0.39 is 0 Å². The highest BCUT2D eigenvalue weighted by atomic mass is 16.2. The van der Waals surface area contributed by atoms with E-state index in [2.05, 4.69) is 42.9 Å². The highest BCUT2D eigenvalue weighted by Gasteiger charge is 2.31. The second-order valence-electron chi connectivity index (χ2n) is 6.55. The van der Waals surface area contributed by atoms with Gasteiger partial charge in [0.15, 0.2) is 0 Å². The first-order chi connectivity index (χ1) is 8.99. The molecule has 4 atom stereocenters. The van der Waals surface area contributed by atoms with E-state index >= 15 is 0 Å². The van der Waals surface area contributed by atoms with Crippen molar-refractivity contribution >= 4 is 5.91 Å². The van der Waals surface area contributed by atoms with E-state index in [0.717, 1.165) is 19.6 Å². The molecule has 2 heterocycles. The highest BCUT2D eigenvalue weighted by Crippen LogP contribution is 2.20. The third kappa shape index (κ3) is 3.48. The van der Waals surface area contributed by atoms with Crippen molar-refractivity contribution in [1.29, 1.82) is 0 Å². The van der Waals surface area contributed by atoms with Gasteiger partial charge in [0.2, 0.25) is 5.91 Å².